The van der Waals surface area contributed by atoms with Crippen molar-refractivity contribution in [1.29, 1.82) is 0 Å². The molecule has 2 amide bonds. The van der Waals surface area contributed by atoms with E-state index in [1.54, 1.807) is 0 Å². The Morgan fingerprint density at radius 1 is 1.47 bits per heavy atom. The molecule has 0 spiro atoms. The van der Waals surface area contributed by atoms with Gasteiger partial charge in [-0.3, -0.25) is 9.59 Å². The highest BCUT2D eigenvalue weighted by Gasteiger charge is 2.28. The minimum absolute atomic E-state index is 0.100. The maximum atomic E-state index is 12.7. The number of carbonyl (C=O) groups is 2. The molecule has 5 nitrogen and oxygen atoms in total. The van der Waals surface area contributed by atoms with Gasteiger partial charge >= 0.3 is 0 Å². The highest BCUT2D eigenvalue weighted by Crippen LogP contribution is 2.10. The number of carbonyl (C=O) groups excluding carboxylic acids is 2. The molecule has 0 aromatic rings. The topological polar surface area (TPSA) is 75.4 Å². The molecule has 1 fully saturated rings. The molecular weight excluding hydrogens is 232 g/mol. The van der Waals surface area contributed by atoms with Crippen LogP contribution in [0.5, 0.6) is 0 Å². The molecule has 0 aromatic heterocycles. The van der Waals surface area contributed by atoms with E-state index in [1.165, 1.54) is 4.90 Å². The van der Waals surface area contributed by atoms with Crippen molar-refractivity contribution in [2.45, 2.75) is 25.2 Å². The van der Waals surface area contributed by atoms with Crippen molar-refractivity contribution in [2.75, 3.05) is 26.2 Å². The molecule has 0 bridgehead atoms. The second-order valence-electron chi connectivity index (χ2n) is 4.11. The third-order valence-electron chi connectivity index (χ3n) is 2.60. The predicted molar refractivity (Wildman–Crippen MR) is 57.4 cm³/mol. The lowest BCUT2D eigenvalue weighted by Crippen LogP contribution is -2.47. The maximum absolute atomic E-state index is 12.7. The number of likely N-dealkylation sites (tertiary alicyclic amines) is 1. The van der Waals surface area contributed by atoms with Crippen LogP contribution >= 0.6 is 0 Å². The van der Waals surface area contributed by atoms with Crippen LogP contribution in [0.2, 0.25) is 0 Å². The second kappa shape index (κ2) is 5.90. The highest BCUT2D eigenvalue weighted by molar-refractivity contribution is 5.85. The van der Waals surface area contributed by atoms with Crippen molar-refractivity contribution >= 4 is 11.8 Å². The van der Waals surface area contributed by atoms with Crippen LogP contribution in [-0.2, 0) is 9.59 Å². The molecule has 0 aliphatic carbocycles. The normalized spacial score (nSPS) is 17.1. The third kappa shape index (κ3) is 4.64. The fourth-order valence-electron chi connectivity index (χ4n) is 1.56. The van der Waals surface area contributed by atoms with E-state index in [1.807, 2.05) is 0 Å². The van der Waals surface area contributed by atoms with Crippen LogP contribution in [0.4, 0.5) is 8.78 Å². The Kier molecular flexibility index (Phi) is 4.80. The quantitative estimate of drug-likeness (QED) is 0.703. The molecule has 7 heteroatoms. The van der Waals surface area contributed by atoms with Gasteiger partial charge in [0.05, 0.1) is 19.6 Å². The van der Waals surface area contributed by atoms with Crippen LogP contribution < -0.4 is 11.1 Å². The summed E-state index contributed by atoms with van der Waals surface area (Å²) < 4.78 is 25.5. The van der Waals surface area contributed by atoms with E-state index in [-0.39, 0.29) is 12.5 Å². The number of piperidine rings is 1. The van der Waals surface area contributed by atoms with E-state index in [4.69, 9.17) is 5.73 Å². The van der Waals surface area contributed by atoms with Crippen molar-refractivity contribution in [1.82, 2.24) is 10.2 Å². The highest BCUT2D eigenvalue weighted by atomic mass is 19.3. The molecular formula is C10H17F2N3O2. The Bertz CT molecular complexity index is 297. The van der Waals surface area contributed by atoms with Gasteiger partial charge in [0.2, 0.25) is 11.8 Å². The van der Waals surface area contributed by atoms with E-state index < -0.39 is 24.9 Å². The summed E-state index contributed by atoms with van der Waals surface area (Å²) in [6.07, 6.45) is 2.09. The van der Waals surface area contributed by atoms with E-state index in [2.05, 4.69) is 5.32 Å². The zero-order valence-corrected chi connectivity index (χ0v) is 9.55. The minimum Gasteiger partial charge on any atom is -0.348 e. The summed E-state index contributed by atoms with van der Waals surface area (Å²) in [6, 6.07) is 0. The molecule has 0 atom stereocenters. The molecule has 17 heavy (non-hydrogen) atoms. The van der Waals surface area contributed by atoms with E-state index in [9.17, 15) is 18.4 Å². The molecule has 1 aliphatic rings. The smallest absolute Gasteiger partial charge is 0.277 e. The van der Waals surface area contributed by atoms with Gasteiger partial charge in [0.1, 0.15) is 0 Å². The summed E-state index contributed by atoms with van der Waals surface area (Å²) in [4.78, 5) is 24.1. The lowest BCUT2D eigenvalue weighted by atomic mass is 10.1. The van der Waals surface area contributed by atoms with Crippen LogP contribution in [-0.4, -0.2) is 48.8 Å². The summed E-state index contributed by atoms with van der Waals surface area (Å²) in [5.74, 6) is -3.77. The van der Waals surface area contributed by atoms with Crippen LogP contribution in [0.3, 0.4) is 0 Å². The lowest BCUT2D eigenvalue weighted by Gasteiger charge is -2.26. The summed E-state index contributed by atoms with van der Waals surface area (Å²) in [7, 11) is 0. The van der Waals surface area contributed by atoms with Crippen LogP contribution in [0.25, 0.3) is 0 Å². The molecule has 98 valence electrons. The number of nitrogens with two attached hydrogens (primary N) is 1. The zero-order valence-electron chi connectivity index (χ0n) is 9.55. The average molecular weight is 249 g/mol. The Labute approximate surface area is 98.3 Å². The molecule has 0 aromatic carbocycles. The second-order valence-corrected chi connectivity index (χ2v) is 4.11. The third-order valence-corrected chi connectivity index (χ3v) is 2.60. The molecule has 3 N–H and O–H groups in total. The van der Waals surface area contributed by atoms with Crippen LogP contribution in [0.1, 0.15) is 19.3 Å². The number of nitrogens with zero attached hydrogens (tertiary/aromatic N) is 1. The number of amides is 2. The van der Waals surface area contributed by atoms with Crippen molar-refractivity contribution in [3.63, 3.8) is 0 Å². The molecule has 1 saturated heterocycles. The zero-order chi connectivity index (χ0) is 12.9. The molecule has 1 rings (SSSR count). The number of alkyl halides is 2. The van der Waals surface area contributed by atoms with Gasteiger partial charge in [0.25, 0.3) is 5.92 Å². The largest absolute Gasteiger partial charge is 0.348 e. The minimum atomic E-state index is -3.10. The first-order valence-electron chi connectivity index (χ1n) is 5.57. The van der Waals surface area contributed by atoms with Gasteiger partial charge < -0.3 is 16.0 Å². The molecule has 0 radical (unpaired) electrons. The number of hydrogen-bond donors (Lipinski definition) is 2. The predicted octanol–water partition coefficient (Wildman–Crippen LogP) is -0.291. The van der Waals surface area contributed by atoms with Crippen molar-refractivity contribution in [3.8, 4) is 0 Å². The fourth-order valence-corrected chi connectivity index (χ4v) is 1.56. The summed E-state index contributed by atoms with van der Waals surface area (Å²) >= 11 is 0. The Balaban J connectivity index is 2.31. The first-order chi connectivity index (χ1) is 7.94. The Morgan fingerprint density at radius 3 is 2.76 bits per heavy atom. The van der Waals surface area contributed by atoms with Gasteiger partial charge in [-0.15, -0.1) is 0 Å². The molecule has 1 heterocycles. The van der Waals surface area contributed by atoms with Crippen molar-refractivity contribution < 1.29 is 18.4 Å². The lowest BCUT2D eigenvalue weighted by molar-refractivity contribution is -0.138. The van der Waals surface area contributed by atoms with Gasteiger partial charge in [0, 0.05) is 13.0 Å². The first kappa shape index (κ1) is 13.8. The number of hydrogen-bond acceptors (Lipinski definition) is 3. The van der Waals surface area contributed by atoms with Crippen LogP contribution in [0, 0.1) is 0 Å². The van der Waals surface area contributed by atoms with E-state index in [0.29, 0.717) is 13.0 Å². The standard InChI is InChI=1S/C10H17F2N3O2/c11-10(12,6-13)7-14-8(16)5-15-4-2-1-3-9(15)17/h1-7,13H2,(H,14,16). The SMILES string of the molecule is NCC(F)(F)CNC(=O)CN1CCCCC1=O. The molecule has 1 aliphatic heterocycles. The average Bonchev–Trinajstić information content (AvgIpc) is 2.30. The first-order valence-corrected chi connectivity index (χ1v) is 5.57. The van der Waals surface area contributed by atoms with Gasteiger partial charge in [-0.1, -0.05) is 0 Å². The van der Waals surface area contributed by atoms with Gasteiger partial charge in [-0.05, 0) is 12.8 Å². The summed E-state index contributed by atoms with van der Waals surface area (Å²) in [5.41, 5.74) is 4.83. The number of halogens is 2. The van der Waals surface area contributed by atoms with Gasteiger partial charge in [0.15, 0.2) is 0 Å². The molecule has 0 saturated carbocycles. The monoisotopic (exact) mass is 249 g/mol. The van der Waals surface area contributed by atoms with Crippen molar-refractivity contribution in [3.05, 3.63) is 0 Å². The van der Waals surface area contributed by atoms with Crippen molar-refractivity contribution in [2.24, 2.45) is 5.73 Å². The summed E-state index contributed by atoms with van der Waals surface area (Å²) in [6.45, 7) is -1.24. The number of nitrogens with one attached hydrogen (secondary N) is 1. The number of rotatable bonds is 5. The van der Waals surface area contributed by atoms with E-state index in [0.717, 1.165) is 12.8 Å². The molecule has 0 unspecified atom stereocenters. The van der Waals surface area contributed by atoms with Gasteiger partial charge in [-0.2, -0.15) is 0 Å². The summed E-state index contributed by atoms with van der Waals surface area (Å²) in [5, 5.41) is 2.08. The Morgan fingerprint density at radius 2 is 2.18 bits per heavy atom. The van der Waals surface area contributed by atoms with Crippen LogP contribution in [0.15, 0.2) is 0 Å². The maximum Gasteiger partial charge on any atom is 0.277 e. The fraction of sp³-hybridized carbons (Fsp3) is 0.800. The van der Waals surface area contributed by atoms with Gasteiger partial charge in [-0.25, -0.2) is 8.78 Å². The van der Waals surface area contributed by atoms with E-state index >= 15 is 0 Å². The Hall–Kier alpha value is -1.24.